The molecule has 2 nitrogen and oxygen atoms in total. The second-order valence-corrected chi connectivity index (χ2v) is 3.70. The Kier molecular flexibility index (Phi) is 2.57. The predicted octanol–water partition coefficient (Wildman–Crippen LogP) is 2.83. The first-order valence-corrected chi connectivity index (χ1v) is 5.21. The molecule has 0 aromatic carbocycles. The van der Waals surface area contributed by atoms with Crippen molar-refractivity contribution in [2.45, 2.75) is 45.3 Å². The van der Waals surface area contributed by atoms with Crippen molar-refractivity contribution in [2.24, 2.45) is 0 Å². The molecular formula is C11H17NO. The zero-order valence-electron chi connectivity index (χ0n) is 8.20. The number of hydrogen-bond donors (Lipinski definition) is 0. The Morgan fingerprint density at radius 3 is 2.85 bits per heavy atom. The minimum atomic E-state index is 0.479. The summed E-state index contributed by atoms with van der Waals surface area (Å²) in [7, 11) is 0. The summed E-state index contributed by atoms with van der Waals surface area (Å²) in [5, 5.41) is 0. The van der Waals surface area contributed by atoms with Gasteiger partial charge in [-0.25, -0.2) is 0 Å². The van der Waals surface area contributed by atoms with Crippen LogP contribution in [0, 0.1) is 0 Å². The largest absolute Gasteiger partial charge is 0.489 e. The van der Waals surface area contributed by atoms with Crippen molar-refractivity contribution in [3.8, 4) is 5.75 Å². The number of nitrogens with zero attached hydrogens (tertiary/aromatic N) is 1. The van der Waals surface area contributed by atoms with Gasteiger partial charge in [-0.1, -0.05) is 0 Å². The standard InChI is InChI=1S/C11H17NO/c1-2-12-8-7-11(9-12)13-10-5-3-4-6-10/h7-10H,2-6H2,1H3. The molecular weight excluding hydrogens is 162 g/mol. The lowest BCUT2D eigenvalue weighted by Gasteiger charge is -2.10. The summed E-state index contributed by atoms with van der Waals surface area (Å²) in [6.07, 6.45) is 9.77. The van der Waals surface area contributed by atoms with E-state index in [2.05, 4.69) is 30.0 Å². The van der Waals surface area contributed by atoms with Gasteiger partial charge in [0.05, 0.1) is 6.10 Å². The van der Waals surface area contributed by atoms with E-state index in [9.17, 15) is 0 Å². The third-order valence-corrected chi connectivity index (χ3v) is 2.69. The van der Waals surface area contributed by atoms with E-state index in [1.165, 1.54) is 25.7 Å². The molecule has 0 spiro atoms. The van der Waals surface area contributed by atoms with Crippen LogP contribution in [0.1, 0.15) is 32.6 Å². The van der Waals surface area contributed by atoms with Crippen molar-refractivity contribution in [2.75, 3.05) is 0 Å². The van der Waals surface area contributed by atoms with E-state index in [-0.39, 0.29) is 0 Å². The molecule has 1 saturated carbocycles. The van der Waals surface area contributed by atoms with Gasteiger partial charge in [-0.05, 0) is 38.7 Å². The van der Waals surface area contributed by atoms with Gasteiger partial charge < -0.3 is 9.30 Å². The van der Waals surface area contributed by atoms with Gasteiger partial charge in [-0.2, -0.15) is 0 Å². The summed E-state index contributed by atoms with van der Waals surface area (Å²) in [6.45, 7) is 3.16. The van der Waals surface area contributed by atoms with Crippen LogP contribution in [0.3, 0.4) is 0 Å². The van der Waals surface area contributed by atoms with Crippen LogP contribution in [0.4, 0.5) is 0 Å². The van der Waals surface area contributed by atoms with Crippen LogP contribution < -0.4 is 4.74 Å². The van der Waals surface area contributed by atoms with Crippen molar-refractivity contribution in [3.63, 3.8) is 0 Å². The van der Waals surface area contributed by atoms with Crippen molar-refractivity contribution in [1.82, 2.24) is 4.57 Å². The Morgan fingerprint density at radius 2 is 2.23 bits per heavy atom. The Balaban J connectivity index is 1.92. The molecule has 2 heteroatoms. The minimum Gasteiger partial charge on any atom is -0.489 e. The van der Waals surface area contributed by atoms with E-state index in [0.29, 0.717) is 6.10 Å². The second-order valence-electron chi connectivity index (χ2n) is 3.70. The highest BCUT2D eigenvalue weighted by molar-refractivity contribution is 5.17. The lowest BCUT2D eigenvalue weighted by molar-refractivity contribution is 0.210. The topological polar surface area (TPSA) is 14.2 Å². The fourth-order valence-electron chi connectivity index (χ4n) is 1.88. The second kappa shape index (κ2) is 3.86. The number of aromatic nitrogens is 1. The van der Waals surface area contributed by atoms with E-state index >= 15 is 0 Å². The Bertz CT molecular complexity index is 261. The van der Waals surface area contributed by atoms with E-state index in [1.54, 1.807) is 0 Å². The van der Waals surface area contributed by atoms with E-state index < -0.39 is 0 Å². The molecule has 72 valence electrons. The lowest BCUT2D eigenvalue weighted by Crippen LogP contribution is -2.10. The molecule has 1 fully saturated rings. The molecule has 1 aromatic rings. The summed E-state index contributed by atoms with van der Waals surface area (Å²) in [4.78, 5) is 0. The maximum absolute atomic E-state index is 5.84. The van der Waals surface area contributed by atoms with Crippen molar-refractivity contribution in [3.05, 3.63) is 18.5 Å². The average molecular weight is 179 g/mol. The Morgan fingerprint density at radius 1 is 1.46 bits per heavy atom. The molecule has 2 rings (SSSR count). The average Bonchev–Trinajstić information content (AvgIpc) is 2.76. The molecule has 0 radical (unpaired) electrons. The van der Waals surface area contributed by atoms with E-state index in [0.717, 1.165) is 12.3 Å². The molecule has 0 amide bonds. The van der Waals surface area contributed by atoms with Gasteiger partial charge in [-0.3, -0.25) is 0 Å². The normalized spacial score (nSPS) is 17.9. The van der Waals surface area contributed by atoms with Crippen LogP contribution in [0.5, 0.6) is 5.75 Å². The molecule has 1 aromatic heterocycles. The summed E-state index contributed by atoms with van der Waals surface area (Å²) in [6, 6.07) is 2.06. The monoisotopic (exact) mass is 179 g/mol. The quantitative estimate of drug-likeness (QED) is 0.696. The fourth-order valence-corrected chi connectivity index (χ4v) is 1.88. The molecule has 0 unspecified atom stereocenters. The summed E-state index contributed by atoms with van der Waals surface area (Å²) in [5.74, 6) is 1.04. The fraction of sp³-hybridized carbons (Fsp3) is 0.636. The maximum Gasteiger partial charge on any atom is 0.137 e. The highest BCUT2D eigenvalue weighted by Gasteiger charge is 2.16. The number of rotatable bonds is 3. The summed E-state index contributed by atoms with van der Waals surface area (Å²) >= 11 is 0. The molecule has 0 saturated heterocycles. The van der Waals surface area contributed by atoms with Gasteiger partial charge in [0.2, 0.25) is 0 Å². The third kappa shape index (κ3) is 2.06. The van der Waals surface area contributed by atoms with Gasteiger partial charge in [0.25, 0.3) is 0 Å². The molecule has 13 heavy (non-hydrogen) atoms. The van der Waals surface area contributed by atoms with Crippen LogP contribution in [0.25, 0.3) is 0 Å². The maximum atomic E-state index is 5.84. The summed E-state index contributed by atoms with van der Waals surface area (Å²) < 4.78 is 7.98. The van der Waals surface area contributed by atoms with E-state index in [1.807, 2.05) is 0 Å². The van der Waals surface area contributed by atoms with Crippen LogP contribution in [-0.2, 0) is 6.54 Å². The van der Waals surface area contributed by atoms with Gasteiger partial charge >= 0.3 is 0 Å². The van der Waals surface area contributed by atoms with Crippen molar-refractivity contribution < 1.29 is 4.74 Å². The molecule has 1 heterocycles. The van der Waals surface area contributed by atoms with Gasteiger partial charge in [0.15, 0.2) is 0 Å². The SMILES string of the molecule is CCn1ccc(OC2CCCC2)c1. The molecule has 0 bridgehead atoms. The zero-order chi connectivity index (χ0) is 9.10. The van der Waals surface area contributed by atoms with Crippen LogP contribution in [0.2, 0.25) is 0 Å². The molecule has 1 aliphatic carbocycles. The number of hydrogen-bond acceptors (Lipinski definition) is 1. The van der Waals surface area contributed by atoms with Crippen molar-refractivity contribution in [1.29, 1.82) is 0 Å². The molecule has 0 N–H and O–H groups in total. The number of ether oxygens (including phenoxy) is 1. The highest BCUT2D eigenvalue weighted by Crippen LogP contribution is 2.24. The third-order valence-electron chi connectivity index (χ3n) is 2.69. The lowest BCUT2D eigenvalue weighted by atomic mass is 10.3. The molecule has 1 aliphatic rings. The first kappa shape index (κ1) is 8.67. The zero-order valence-corrected chi connectivity index (χ0v) is 8.20. The van der Waals surface area contributed by atoms with Gasteiger partial charge in [0, 0.05) is 18.9 Å². The number of aryl methyl sites for hydroxylation is 1. The molecule has 0 atom stereocenters. The van der Waals surface area contributed by atoms with Crippen molar-refractivity contribution >= 4 is 0 Å². The van der Waals surface area contributed by atoms with Crippen LogP contribution in [0.15, 0.2) is 18.5 Å². The summed E-state index contributed by atoms with van der Waals surface area (Å²) in [5.41, 5.74) is 0. The first-order chi connectivity index (χ1) is 6.38. The van der Waals surface area contributed by atoms with Gasteiger partial charge in [-0.15, -0.1) is 0 Å². The van der Waals surface area contributed by atoms with Crippen LogP contribution >= 0.6 is 0 Å². The van der Waals surface area contributed by atoms with Gasteiger partial charge in [0.1, 0.15) is 5.75 Å². The minimum absolute atomic E-state index is 0.479. The Hall–Kier alpha value is -0.920. The predicted molar refractivity (Wildman–Crippen MR) is 53.0 cm³/mol. The smallest absolute Gasteiger partial charge is 0.137 e. The van der Waals surface area contributed by atoms with Crippen LogP contribution in [-0.4, -0.2) is 10.7 Å². The van der Waals surface area contributed by atoms with E-state index in [4.69, 9.17) is 4.74 Å². The molecule has 0 aliphatic heterocycles. The highest BCUT2D eigenvalue weighted by atomic mass is 16.5. The first-order valence-electron chi connectivity index (χ1n) is 5.21. The Labute approximate surface area is 79.5 Å².